The number of rotatable bonds is 6. The molecule has 1 aromatic heterocycles. The molecule has 32 heavy (non-hydrogen) atoms. The monoisotopic (exact) mass is 457 g/mol. The van der Waals surface area contributed by atoms with E-state index in [4.69, 9.17) is 4.74 Å². The predicted molar refractivity (Wildman–Crippen MR) is 121 cm³/mol. The SMILES string of the molecule is COc1ccc(S(=O)(=O)Nc2cccc(-c3ccc(N4CCN(C)CC4)nn3)c2)cc1F. The summed E-state index contributed by atoms with van der Waals surface area (Å²) in [6.45, 7) is 3.74. The van der Waals surface area contributed by atoms with Crippen LogP contribution in [-0.2, 0) is 10.0 Å². The number of anilines is 2. The van der Waals surface area contributed by atoms with Crippen LogP contribution >= 0.6 is 0 Å². The molecule has 0 radical (unpaired) electrons. The topological polar surface area (TPSA) is 87.7 Å². The lowest BCUT2D eigenvalue weighted by molar-refractivity contribution is 0.312. The molecule has 0 spiro atoms. The number of ether oxygens (including phenoxy) is 1. The number of piperazine rings is 1. The van der Waals surface area contributed by atoms with Gasteiger partial charge in [0, 0.05) is 37.4 Å². The molecule has 0 amide bonds. The van der Waals surface area contributed by atoms with E-state index < -0.39 is 15.8 Å². The van der Waals surface area contributed by atoms with Gasteiger partial charge < -0.3 is 14.5 Å². The van der Waals surface area contributed by atoms with Crippen molar-refractivity contribution >= 4 is 21.5 Å². The van der Waals surface area contributed by atoms with Crippen molar-refractivity contribution in [3.8, 4) is 17.0 Å². The van der Waals surface area contributed by atoms with Gasteiger partial charge in [-0.15, -0.1) is 10.2 Å². The Morgan fingerprint density at radius 3 is 2.44 bits per heavy atom. The zero-order valence-electron chi connectivity index (χ0n) is 17.8. The zero-order valence-corrected chi connectivity index (χ0v) is 18.6. The average molecular weight is 458 g/mol. The summed E-state index contributed by atoms with van der Waals surface area (Å²) < 4.78 is 46.6. The van der Waals surface area contributed by atoms with Crippen LogP contribution in [0.5, 0.6) is 5.75 Å². The van der Waals surface area contributed by atoms with E-state index >= 15 is 0 Å². The van der Waals surface area contributed by atoms with E-state index in [0.717, 1.165) is 38.1 Å². The number of hydrogen-bond donors (Lipinski definition) is 1. The maximum absolute atomic E-state index is 14.0. The van der Waals surface area contributed by atoms with Gasteiger partial charge in [-0.25, -0.2) is 12.8 Å². The molecule has 0 bridgehead atoms. The highest BCUT2D eigenvalue weighted by Gasteiger charge is 2.18. The van der Waals surface area contributed by atoms with E-state index in [-0.39, 0.29) is 10.6 Å². The van der Waals surface area contributed by atoms with E-state index in [1.54, 1.807) is 18.2 Å². The summed E-state index contributed by atoms with van der Waals surface area (Å²) in [5, 5.41) is 8.67. The third kappa shape index (κ3) is 4.81. The van der Waals surface area contributed by atoms with E-state index in [2.05, 4.69) is 31.8 Å². The van der Waals surface area contributed by atoms with Crippen molar-refractivity contribution in [3.63, 3.8) is 0 Å². The molecule has 4 rings (SSSR count). The number of nitrogens with one attached hydrogen (secondary N) is 1. The summed E-state index contributed by atoms with van der Waals surface area (Å²) in [5.41, 5.74) is 1.67. The van der Waals surface area contributed by atoms with Crippen LogP contribution in [0, 0.1) is 5.82 Å². The van der Waals surface area contributed by atoms with Crippen LogP contribution in [-0.4, -0.2) is 63.9 Å². The quantitative estimate of drug-likeness (QED) is 0.609. The van der Waals surface area contributed by atoms with Crippen molar-refractivity contribution < 1.29 is 17.5 Å². The van der Waals surface area contributed by atoms with E-state index in [1.807, 2.05) is 18.2 Å². The van der Waals surface area contributed by atoms with Gasteiger partial charge in [0.05, 0.1) is 17.7 Å². The highest BCUT2D eigenvalue weighted by atomic mass is 32.2. The fourth-order valence-electron chi connectivity index (χ4n) is 3.45. The first kappa shape index (κ1) is 22.0. The van der Waals surface area contributed by atoms with Gasteiger partial charge in [0.1, 0.15) is 0 Å². The number of nitrogens with zero attached hydrogens (tertiary/aromatic N) is 4. The lowest BCUT2D eigenvalue weighted by Gasteiger charge is -2.32. The molecule has 10 heteroatoms. The number of hydrogen-bond acceptors (Lipinski definition) is 7. The molecule has 0 saturated carbocycles. The highest BCUT2D eigenvalue weighted by Crippen LogP contribution is 2.26. The Labute approximate surface area is 186 Å². The predicted octanol–water partition coefficient (Wildman–Crippen LogP) is 2.84. The summed E-state index contributed by atoms with van der Waals surface area (Å²) in [4.78, 5) is 4.26. The van der Waals surface area contributed by atoms with E-state index in [1.165, 1.54) is 19.2 Å². The second-order valence-corrected chi connectivity index (χ2v) is 9.23. The van der Waals surface area contributed by atoms with Gasteiger partial charge in [0.25, 0.3) is 10.0 Å². The van der Waals surface area contributed by atoms with Crippen LogP contribution in [0.15, 0.2) is 59.5 Å². The molecule has 8 nitrogen and oxygen atoms in total. The minimum absolute atomic E-state index is 0.0236. The highest BCUT2D eigenvalue weighted by molar-refractivity contribution is 7.92. The maximum atomic E-state index is 14.0. The first-order valence-electron chi connectivity index (χ1n) is 10.1. The summed E-state index contributed by atoms with van der Waals surface area (Å²) in [5.74, 6) is 0.0459. The molecular formula is C22H24FN5O3S. The van der Waals surface area contributed by atoms with Crippen LogP contribution in [0.4, 0.5) is 15.9 Å². The van der Waals surface area contributed by atoms with Gasteiger partial charge in [0.15, 0.2) is 17.4 Å². The van der Waals surface area contributed by atoms with Crippen molar-refractivity contribution in [2.45, 2.75) is 4.90 Å². The van der Waals surface area contributed by atoms with Gasteiger partial charge in [-0.2, -0.15) is 0 Å². The van der Waals surface area contributed by atoms with Gasteiger partial charge in [-0.1, -0.05) is 12.1 Å². The van der Waals surface area contributed by atoms with Crippen LogP contribution in [0.25, 0.3) is 11.3 Å². The minimum Gasteiger partial charge on any atom is -0.494 e. The molecule has 1 saturated heterocycles. The summed E-state index contributed by atoms with van der Waals surface area (Å²) in [6, 6.07) is 14.1. The molecule has 1 N–H and O–H groups in total. The van der Waals surface area contributed by atoms with Crippen LogP contribution < -0.4 is 14.4 Å². The van der Waals surface area contributed by atoms with E-state index in [9.17, 15) is 12.8 Å². The standard InChI is InChI=1S/C22H24FN5O3S/c1-27-10-12-28(13-11-27)22-9-7-20(24-25-22)16-4-3-5-17(14-16)26-32(29,30)18-6-8-21(31-2)19(23)15-18/h3-9,14-15,26H,10-13H2,1-2H3. The Morgan fingerprint density at radius 1 is 1.00 bits per heavy atom. The number of methoxy groups -OCH3 is 1. The normalized spacial score (nSPS) is 14.9. The maximum Gasteiger partial charge on any atom is 0.262 e. The Hall–Kier alpha value is -3.24. The number of halogens is 1. The first-order valence-corrected chi connectivity index (χ1v) is 11.6. The molecular weight excluding hydrogens is 433 g/mol. The number of likely N-dealkylation sites (N-methyl/N-ethyl adjacent to an activating group) is 1. The van der Waals surface area contributed by atoms with Crippen LogP contribution in [0.2, 0.25) is 0 Å². The molecule has 3 aromatic rings. The Bertz CT molecular complexity index is 1200. The van der Waals surface area contributed by atoms with Gasteiger partial charge in [-0.05, 0) is 49.5 Å². The molecule has 2 heterocycles. The molecule has 2 aromatic carbocycles. The number of sulfonamides is 1. The van der Waals surface area contributed by atoms with Crippen LogP contribution in [0.3, 0.4) is 0 Å². The second-order valence-electron chi connectivity index (χ2n) is 7.55. The number of benzene rings is 2. The summed E-state index contributed by atoms with van der Waals surface area (Å²) in [7, 11) is -0.566. The Balaban J connectivity index is 1.51. The Kier molecular flexibility index (Phi) is 6.24. The molecule has 168 valence electrons. The van der Waals surface area contributed by atoms with Crippen molar-refractivity contribution in [2.75, 3.05) is 50.0 Å². The molecule has 1 aliphatic rings. The first-order chi connectivity index (χ1) is 15.4. The zero-order chi connectivity index (χ0) is 22.7. The molecule has 1 fully saturated rings. The summed E-state index contributed by atoms with van der Waals surface area (Å²) in [6.07, 6.45) is 0. The number of aromatic nitrogens is 2. The summed E-state index contributed by atoms with van der Waals surface area (Å²) >= 11 is 0. The fraction of sp³-hybridized carbons (Fsp3) is 0.273. The third-order valence-corrected chi connectivity index (χ3v) is 6.70. The van der Waals surface area contributed by atoms with Crippen LogP contribution in [0.1, 0.15) is 0 Å². The largest absolute Gasteiger partial charge is 0.494 e. The minimum atomic E-state index is -3.98. The van der Waals surface area contributed by atoms with Gasteiger partial charge in [-0.3, -0.25) is 4.72 Å². The smallest absolute Gasteiger partial charge is 0.262 e. The van der Waals surface area contributed by atoms with Crippen molar-refractivity contribution in [1.29, 1.82) is 0 Å². The lowest BCUT2D eigenvalue weighted by atomic mass is 10.1. The third-order valence-electron chi connectivity index (χ3n) is 5.32. The van der Waals surface area contributed by atoms with Gasteiger partial charge in [0.2, 0.25) is 0 Å². The van der Waals surface area contributed by atoms with Gasteiger partial charge >= 0.3 is 0 Å². The Morgan fingerprint density at radius 2 is 1.78 bits per heavy atom. The van der Waals surface area contributed by atoms with Crippen molar-refractivity contribution in [1.82, 2.24) is 15.1 Å². The molecule has 1 aliphatic heterocycles. The van der Waals surface area contributed by atoms with Crippen molar-refractivity contribution in [2.24, 2.45) is 0 Å². The lowest BCUT2D eigenvalue weighted by Crippen LogP contribution is -2.44. The fourth-order valence-corrected chi connectivity index (χ4v) is 4.51. The second kappa shape index (κ2) is 9.09. The molecule has 0 aliphatic carbocycles. The van der Waals surface area contributed by atoms with Crippen molar-refractivity contribution in [3.05, 3.63) is 60.4 Å². The molecule has 0 atom stereocenters. The average Bonchev–Trinajstić information content (AvgIpc) is 2.79. The van der Waals surface area contributed by atoms with E-state index in [0.29, 0.717) is 16.9 Å². The molecule has 0 unspecified atom stereocenters.